The number of anilines is 1. The summed E-state index contributed by atoms with van der Waals surface area (Å²) in [6, 6.07) is 5.93. The molecule has 26 heavy (non-hydrogen) atoms. The Balaban J connectivity index is 1.45. The topological polar surface area (TPSA) is 64.7 Å². The van der Waals surface area contributed by atoms with Crippen LogP contribution in [0.25, 0.3) is 0 Å². The largest absolute Gasteiger partial charge is 0.339 e. The van der Waals surface area contributed by atoms with Crippen LogP contribution in [0.15, 0.2) is 18.2 Å². The first kappa shape index (κ1) is 18.9. The molecule has 2 N–H and O–H groups in total. The molecule has 0 saturated carbocycles. The third kappa shape index (κ3) is 4.62. The summed E-state index contributed by atoms with van der Waals surface area (Å²) in [5, 5.41) is 6.34. The molecule has 2 aliphatic rings. The van der Waals surface area contributed by atoms with Crippen LogP contribution in [0.2, 0.25) is 0 Å². The van der Waals surface area contributed by atoms with Crippen LogP contribution in [0.4, 0.5) is 5.69 Å². The summed E-state index contributed by atoms with van der Waals surface area (Å²) < 4.78 is 0. The number of benzene rings is 1. The molecular weight excluding hydrogens is 328 g/mol. The van der Waals surface area contributed by atoms with Crippen molar-refractivity contribution >= 4 is 17.5 Å². The van der Waals surface area contributed by atoms with Crippen molar-refractivity contribution in [1.82, 2.24) is 15.1 Å². The molecule has 2 saturated heterocycles. The molecule has 2 aliphatic heterocycles. The van der Waals surface area contributed by atoms with Gasteiger partial charge in [0.1, 0.15) is 0 Å². The lowest BCUT2D eigenvalue weighted by Gasteiger charge is -2.37. The number of hydrogen-bond acceptors (Lipinski definition) is 4. The fourth-order valence-electron chi connectivity index (χ4n) is 3.69. The monoisotopic (exact) mass is 358 g/mol. The zero-order valence-electron chi connectivity index (χ0n) is 15.9. The van der Waals surface area contributed by atoms with Gasteiger partial charge in [0.2, 0.25) is 11.8 Å². The van der Waals surface area contributed by atoms with Crippen molar-refractivity contribution in [1.29, 1.82) is 0 Å². The van der Waals surface area contributed by atoms with Crippen molar-refractivity contribution in [2.45, 2.75) is 39.2 Å². The minimum absolute atomic E-state index is 0.00687. The summed E-state index contributed by atoms with van der Waals surface area (Å²) in [5.74, 6) is 0.233. The number of carbonyl (C=O) groups is 2. The van der Waals surface area contributed by atoms with Gasteiger partial charge in [0.25, 0.3) is 0 Å². The summed E-state index contributed by atoms with van der Waals surface area (Å²) >= 11 is 0. The molecule has 3 rings (SSSR count). The molecule has 0 aromatic heterocycles. The molecule has 1 aromatic carbocycles. The quantitative estimate of drug-likeness (QED) is 0.857. The average Bonchev–Trinajstić information content (AvgIpc) is 2.66. The van der Waals surface area contributed by atoms with Gasteiger partial charge in [0, 0.05) is 31.9 Å². The minimum Gasteiger partial charge on any atom is -0.339 e. The number of nitrogens with one attached hydrogen (secondary N) is 2. The second kappa shape index (κ2) is 8.64. The van der Waals surface area contributed by atoms with E-state index < -0.39 is 0 Å². The van der Waals surface area contributed by atoms with Crippen molar-refractivity contribution in [2.24, 2.45) is 0 Å². The van der Waals surface area contributed by atoms with Gasteiger partial charge in [-0.15, -0.1) is 0 Å². The van der Waals surface area contributed by atoms with E-state index in [0.29, 0.717) is 19.6 Å². The highest BCUT2D eigenvalue weighted by molar-refractivity contribution is 5.93. The van der Waals surface area contributed by atoms with Gasteiger partial charge in [-0.2, -0.15) is 0 Å². The third-order valence-electron chi connectivity index (χ3n) is 5.54. The molecular formula is C20H30N4O2. The molecule has 142 valence electrons. The first-order valence-corrected chi connectivity index (χ1v) is 9.65. The Morgan fingerprint density at radius 1 is 1.15 bits per heavy atom. The summed E-state index contributed by atoms with van der Waals surface area (Å²) in [5.41, 5.74) is 3.16. The van der Waals surface area contributed by atoms with Gasteiger partial charge in [0.15, 0.2) is 0 Å². The number of carbonyl (C=O) groups excluding carboxylic acids is 2. The Bertz CT molecular complexity index is 647. The lowest BCUT2D eigenvalue weighted by Crippen LogP contribution is -2.55. The second-order valence-electron chi connectivity index (χ2n) is 7.40. The number of aryl methyl sites for hydroxylation is 1. The number of amides is 2. The van der Waals surface area contributed by atoms with Crippen molar-refractivity contribution in [3.8, 4) is 0 Å². The van der Waals surface area contributed by atoms with E-state index in [4.69, 9.17) is 0 Å². The van der Waals surface area contributed by atoms with Gasteiger partial charge >= 0.3 is 0 Å². The maximum Gasteiger partial charge on any atom is 0.239 e. The highest BCUT2D eigenvalue weighted by Gasteiger charge is 2.28. The Kier molecular flexibility index (Phi) is 6.27. The molecule has 2 heterocycles. The lowest BCUT2D eigenvalue weighted by molar-refractivity contribution is -0.135. The maximum atomic E-state index is 12.6. The maximum absolute atomic E-state index is 12.6. The van der Waals surface area contributed by atoms with Gasteiger partial charge in [-0.1, -0.05) is 18.6 Å². The van der Waals surface area contributed by atoms with E-state index in [9.17, 15) is 9.59 Å². The predicted octanol–water partition coefficient (Wildman–Crippen LogP) is 1.53. The Morgan fingerprint density at radius 3 is 2.62 bits per heavy atom. The highest BCUT2D eigenvalue weighted by Crippen LogP contribution is 2.18. The van der Waals surface area contributed by atoms with Crippen LogP contribution >= 0.6 is 0 Å². The van der Waals surface area contributed by atoms with Gasteiger partial charge < -0.3 is 15.5 Å². The molecule has 6 heteroatoms. The normalized spacial score (nSPS) is 21.5. The smallest absolute Gasteiger partial charge is 0.239 e. The standard InChI is InChI=1S/C20H30N4O2/c1-15-6-5-8-17(16(15)2)22-19(25)14-23-10-12-24(13-11-23)20(26)18-7-3-4-9-21-18/h5-6,8,18,21H,3-4,7,9-14H2,1-2H3,(H,22,25). The molecule has 1 aromatic rings. The molecule has 0 bridgehead atoms. The van der Waals surface area contributed by atoms with E-state index in [-0.39, 0.29) is 17.9 Å². The van der Waals surface area contributed by atoms with E-state index in [2.05, 4.69) is 15.5 Å². The number of nitrogens with zero attached hydrogens (tertiary/aromatic N) is 2. The molecule has 0 aliphatic carbocycles. The molecule has 6 nitrogen and oxygen atoms in total. The second-order valence-corrected chi connectivity index (χ2v) is 7.40. The van der Waals surface area contributed by atoms with Crippen LogP contribution in [-0.2, 0) is 9.59 Å². The molecule has 2 fully saturated rings. The third-order valence-corrected chi connectivity index (χ3v) is 5.54. The van der Waals surface area contributed by atoms with Gasteiger partial charge in [-0.3, -0.25) is 14.5 Å². The van der Waals surface area contributed by atoms with Crippen LogP contribution in [-0.4, -0.2) is 66.9 Å². The van der Waals surface area contributed by atoms with Crippen LogP contribution in [0, 0.1) is 13.8 Å². The zero-order chi connectivity index (χ0) is 18.5. The molecule has 0 spiro atoms. The summed E-state index contributed by atoms with van der Waals surface area (Å²) in [7, 11) is 0. The lowest BCUT2D eigenvalue weighted by atomic mass is 10.0. The summed E-state index contributed by atoms with van der Waals surface area (Å²) in [6.45, 7) is 8.28. The highest BCUT2D eigenvalue weighted by atomic mass is 16.2. The van der Waals surface area contributed by atoms with Crippen LogP contribution in [0.5, 0.6) is 0 Å². The van der Waals surface area contributed by atoms with Crippen molar-refractivity contribution in [3.05, 3.63) is 29.3 Å². The fourth-order valence-corrected chi connectivity index (χ4v) is 3.69. The summed E-state index contributed by atoms with van der Waals surface area (Å²) in [4.78, 5) is 29.0. The molecule has 1 atom stereocenters. The minimum atomic E-state index is -0.0112. The average molecular weight is 358 g/mol. The predicted molar refractivity (Wildman–Crippen MR) is 103 cm³/mol. The molecule has 2 amide bonds. The first-order chi connectivity index (χ1) is 12.5. The Labute approximate surface area is 155 Å². The van der Waals surface area contributed by atoms with Gasteiger partial charge in [-0.25, -0.2) is 0 Å². The van der Waals surface area contributed by atoms with E-state index >= 15 is 0 Å². The van der Waals surface area contributed by atoms with Gasteiger partial charge in [-0.05, 0) is 50.4 Å². The molecule has 0 radical (unpaired) electrons. The number of hydrogen-bond donors (Lipinski definition) is 2. The zero-order valence-corrected chi connectivity index (χ0v) is 15.9. The van der Waals surface area contributed by atoms with E-state index in [1.54, 1.807) is 0 Å². The summed E-state index contributed by atoms with van der Waals surface area (Å²) in [6.07, 6.45) is 3.23. The van der Waals surface area contributed by atoms with Gasteiger partial charge in [0.05, 0.1) is 12.6 Å². The van der Waals surface area contributed by atoms with E-state index in [0.717, 1.165) is 50.1 Å². The fraction of sp³-hybridized carbons (Fsp3) is 0.600. The molecule has 1 unspecified atom stereocenters. The van der Waals surface area contributed by atoms with Crippen molar-refractivity contribution in [2.75, 3.05) is 44.6 Å². The first-order valence-electron chi connectivity index (χ1n) is 9.65. The van der Waals surface area contributed by atoms with Crippen molar-refractivity contribution < 1.29 is 9.59 Å². The van der Waals surface area contributed by atoms with Crippen LogP contribution in [0.1, 0.15) is 30.4 Å². The number of piperazine rings is 1. The van der Waals surface area contributed by atoms with E-state index in [1.807, 2.05) is 36.9 Å². The van der Waals surface area contributed by atoms with Crippen molar-refractivity contribution in [3.63, 3.8) is 0 Å². The number of piperidine rings is 1. The Morgan fingerprint density at radius 2 is 1.92 bits per heavy atom. The van der Waals surface area contributed by atoms with Crippen LogP contribution in [0.3, 0.4) is 0 Å². The Hall–Kier alpha value is -1.92. The van der Waals surface area contributed by atoms with E-state index in [1.165, 1.54) is 5.56 Å². The van der Waals surface area contributed by atoms with Crippen LogP contribution < -0.4 is 10.6 Å². The number of rotatable bonds is 4. The SMILES string of the molecule is Cc1cccc(NC(=O)CN2CCN(C(=O)C3CCCCN3)CC2)c1C.